The van der Waals surface area contributed by atoms with Crippen LogP contribution in [0, 0.1) is 20.8 Å². The molecule has 3 N–H and O–H groups in total. The number of aromatic hydroxyl groups is 2. The molecule has 0 bridgehead atoms. The van der Waals surface area contributed by atoms with Crippen LogP contribution in [-0.4, -0.2) is 21.3 Å². The van der Waals surface area contributed by atoms with Crippen molar-refractivity contribution < 1.29 is 20.1 Å². The smallest absolute Gasteiger partial charge is 0.303 e. The largest absolute Gasteiger partial charge is 0.507 e. The van der Waals surface area contributed by atoms with Crippen LogP contribution in [-0.2, 0) is 4.79 Å². The molecule has 0 aliphatic carbocycles. The zero-order chi connectivity index (χ0) is 19.3. The lowest BCUT2D eigenvalue weighted by Crippen LogP contribution is -1.98. The molecule has 0 saturated heterocycles. The first-order chi connectivity index (χ1) is 12.3. The van der Waals surface area contributed by atoms with Crippen LogP contribution in [0.2, 0.25) is 0 Å². The fourth-order valence-electron chi connectivity index (χ4n) is 3.10. The van der Waals surface area contributed by atoms with Gasteiger partial charge >= 0.3 is 5.97 Å². The van der Waals surface area contributed by atoms with Gasteiger partial charge in [0.2, 0.25) is 0 Å². The Kier molecular flexibility index (Phi) is 6.45. The van der Waals surface area contributed by atoms with Crippen LogP contribution < -0.4 is 0 Å². The minimum atomic E-state index is -0.787. The third-order valence-corrected chi connectivity index (χ3v) is 4.79. The normalized spacial score (nSPS) is 11.6. The number of carboxylic acid groups (broad SMARTS) is 1. The first kappa shape index (κ1) is 19.6. The molecular weight excluding hydrogens is 328 g/mol. The van der Waals surface area contributed by atoms with E-state index in [1.807, 2.05) is 36.4 Å². The molecule has 4 heteroatoms. The van der Waals surface area contributed by atoms with E-state index < -0.39 is 5.97 Å². The molecule has 0 heterocycles. The number of rotatable bonds is 7. The van der Waals surface area contributed by atoms with Crippen molar-refractivity contribution in [2.45, 2.75) is 46.5 Å². The highest BCUT2D eigenvalue weighted by molar-refractivity contribution is 5.86. The van der Waals surface area contributed by atoms with Crippen LogP contribution in [0.15, 0.2) is 36.4 Å². The van der Waals surface area contributed by atoms with Gasteiger partial charge in [0, 0.05) is 17.5 Å². The molecule has 4 nitrogen and oxygen atoms in total. The minimum Gasteiger partial charge on any atom is -0.507 e. The molecule has 138 valence electrons. The summed E-state index contributed by atoms with van der Waals surface area (Å²) < 4.78 is 0. The van der Waals surface area contributed by atoms with Crippen molar-refractivity contribution in [1.29, 1.82) is 0 Å². The van der Waals surface area contributed by atoms with Crippen molar-refractivity contribution in [3.63, 3.8) is 0 Å². The summed E-state index contributed by atoms with van der Waals surface area (Å²) in [5, 5.41) is 30.0. The Labute approximate surface area is 154 Å². The molecule has 0 aromatic heterocycles. The highest BCUT2D eigenvalue weighted by Crippen LogP contribution is 2.42. The Balaban J connectivity index is 2.48. The summed E-state index contributed by atoms with van der Waals surface area (Å²) in [5.41, 5.74) is 4.43. The molecule has 2 aromatic rings. The van der Waals surface area contributed by atoms with Crippen molar-refractivity contribution >= 4 is 11.5 Å². The SMILES string of the molecule is Cc1c(C)c(O)c(C(=CCCCCC(=O)O)c2ccccc2)c(C)c1O. The Bertz CT molecular complexity index is 791. The lowest BCUT2D eigenvalue weighted by molar-refractivity contribution is -0.137. The van der Waals surface area contributed by atoms with Crippen LogP contribution in [0.5, 0.6) is 11.5 Å². The van der Waals surface area contributed by atoms with E-state index in [1.165, 1.54) is 0 Å². The van der Waals surface area contributed by atoms with Crippen LogP contribution in [0.25, 0.3) is 5.57 Å². The van der Waals surface area contributed by atoms with Crippen LogP contribution >= 0.6 is 0 Å². The second kappa shape index (κ2) is 8.56. The first-order valence-electron chi connectivity index (χ1n) is 8.84. The number of carboxylic acids is 1. The number of carbonyl (C=O) groups is 1. The average molecular weight is 354 g/mol. The maximum absolute atomic E-state index is 10.8. The Morgan fingerprint density at radius 3 is 2.15 bits per heavy atom. The molecule has 0 amide bonds. The van der Waals surface area contributed by atoms with Gasteiger partial charge in [-0.25, -0.2) is 0 Å². The second-order valence-electron chi connectivity index (χ2n) is 6.57. The van der Waals surface area contributed by atoms with Gasteiger partial charge in [-0.2, -0.15) is 0 Å². The van der Waals surface area contributed by atoms with E-state index in [4.69, 9.17) is 5.11 Å². The molecule has 0 spiro atoms. The lowest BCUT2D eigenvalue weighted by Gasteiger charge is -2.19. The first-order valence-corrected chi connectivity index (χ1v) is 8.84. The number of phenols is 2. The third kappa shape index (κ3) is 4.26. The number of aliphatic carboxylic acids is 1. The summed E-state index contributed by atoms with van der Waals surface area (Å²) in [7, 11) is 0. The van der Waals surface area contributed by atoms with Gasteiger partial charge in [-0.1, -0.05) is 36.4 Å². The highest BCUT2D eigenvalue weighted by atomic mass is 16.4. The number of unbranched alkanes of at least 4 members (excludes halogenated alkanes) is 2. The number of hydrogen-bond donors (Lipinski definition) is 3. The third-order valence-electron chi connectivity index (χ3n) is 4.79. The van der Waals surface area contributed by atoms with Gasteiger partial charge in [0.05, 0.1) is 0 Å². The fourth-order valence-corrected chi connectivity index (χ4v) is 3.10. The summed E-state index contributed by atoms with van der Waals surface area (Å²) in [6.07, 6.45) is 4.23. The quantitative estimate of drug-likeness (QED) is 0.477. The summed E-state index contributed by atoms with van der Waals surface area (Å²) >= 11 is 0. The van der Waals surface area contributed by atoms with Gasteiger partial charge in [0.25, 0.3) is 0 Å². The predicted molar refractivity (Wildman–Crippen MR) is 104 cm³/mol. The highest BCUT2D eigenvalue weighted by Gasteiger charge is 2.20. The fraction of sp³-hybridized carbons (Fsp3) is 0.318. The molecule has 0 saturated carbocycles. The number of phenolic OH excluding ortho intramolecular Hbond substituents is 2. The molecule has 0 atom stereocenters. The molecule has 0 fully saturated rings. The van der Waals surface area contributed by atoms with E-state index in [1.54, 1.807) is 20.8 Å². The van der Waals surface area contributed by atoms with Gasteiger partial charge in [-0.15, -0.1) is 0 Å². The van der Waals surface area contributed by atoms with Gasteiger partial charge in [-0.05, 0) is 62.3 Å². The molecule has 26 heavy (non-hydrogen) atoms. The van der Waals surface area contributed by atoms with Gasteiger partial charge in [0.15, 0.2) is 0 Å². The molecule has 0 aliphatic heterocycles. The van der Waals surface area contributed by atoms with E-state index in [0.29, 0.717) is 35.1 Å². The summed E-state index contributed by atoms with van der Waals surface area (Å²) in [6.45, 7) is 5.39. The number of hydrogen-bond acceptors (Lipinski definition) is 3. The minimum absolute atomic E-state index is 0.156. The molecule has 0 radical (unpaired) electrons. The summed E-state index contributed by atoms with van der Waals surface area (Å²) in [6, 6.07) is 9.72. The van der Waals surface area contributed by atoms with Crippen molar-refractivity contribution in [3.8, 4) is 11.5 Å². The molecule has 2 aromatic carbocycles. The Morgan fingerprint density at radius 2 is 1.54 bits per heavy atom. The Hall–Kier alpha value is -2.75. The predicted octanol–water partition coefficient (Wildman–Crippen LogP) is 5.10. The zero-order valence-corrected chi connectivity index (χ0v) is 15.5. The van der Waals surface area contributed by atoms with Crippen LogP contribution in [0.4, 0.5) is 0 Å². The van der Waals surface area contributed by atoms with Crippen molar-refractivity contribution in [2.24, 2.45) is 0 Å². The second-order valence-corrected chi connectivity index (χ2v) is 6.57. The standard InChI is InChI=1S/C22H26O4/c1-14-15(2)22(26)20(16(3)21(14)25)18(17-10-6-4-7-11-17)12-8-5-9-13-19(23)24/h4,6-7,10-12,25-26H,5,8-9,13H2,1-3H3,(H,23,24). The van der Waals surface area contributed by atoms with E-state index in [9.17, 15) is 15.0 Å². The monoisotopic (exact) mass is 354 g/mol. The topological polar surface area (TPSA) is 77.8 Å². The number of benzene rings is 2. The maximum Gasteiger partial charge on any atom is 0.303 e. The van der Waals surface area contributed by atoms with Crippen molar-refractivity contribution in [1.82, 2.24) is 0 Å². The van der Waals surface area contributed by atoms with Crippen molar-refractivity contribution in [2.75, 3.05) is 0 Å². The van der Waals surface area contributed by atoms with E-state index >= 15 is 0 Å². The maximum atomic E-state index is 10.8. The van der Waals surface area contributed by atoms with Crippen LogP contribution in [0.1, 0.15) is 53.5 Å². The van der Waals surface area contributed by atoms with Gasteiger partial charge in [0.1, 0.15) is 11.5 Å². The van der Waals surface area contributed by atoms with Gasteiger partial charge in [-0.3, -0.25) is 4.79 Å². The Morgan fingerprint density at radius 1 is 0.923 bits per heavy atom. The molecule has 0 unspecified atom stereocenters. The van der Waals surface area contributed by atoms with Crippen LogP contribution in [0.3, 0.4) is 0 Å². The summed E-state index contributed by atoms with van der Waals surface area (Å²) in [4.78, 5) is 10.7. The zero-order valence-electron chi connectivity index (χ0n) is 15.5. The van der Waals surface area contributed by atoms with E-state index in [-0.39, 0.29) is 17.9 Å². The van der Waals surface area contributed by atoms with Gasteiger partial charge < -0.3 is 15.3 Å². The average Bonchev–Trinajstić information content (AvgIpc) is 2.63. The lowest BCUT2D eigenvalue weighted by atomic mass is 9.88. The number of allylic oxidation sites excluding steroid dienone is 1. The summed E-state index contributed by atoms with van der Waals surface area (Å²) in [5.74, 6) is -0.411. The van der Waals surface area contributed by atoms with E-state index in [2.05, 4.69) is 0 Å². The van der Waals surface area contributed by atoms with E-state index in [0.717, 1.165) is 17.6 Å². The van der Waals surface area contributed by atoms with Crippen molar-refractivity contribution in [3.05, 3.63) is 64.2 Å². The molecular formula is C22H26O4. The molecule has 2 rings (SSSR count). The molecule has 0 aliphatic rings.